The highest BCUT2D eigenvalue weighted by Gasteiger charge is 2.13. The van der Waals surface area contributed by atoms with Crippen molar-refractivity contribution in [2.45, 2.75) is 58.1 Å². The van der Waals surface area contributed by atoms with Gasteiger partial charge in [0.1, 0.15) is 11.2 Å². The second kappa shape index (κ2) is 16.3. The first-order valence-electron chi connectivity index (χ1n) is 14.0. The Kier molecular flexibility index (Phi) is 11.9. The minimum Gasteiger partial charge on any atom is -0.466 e. The number of carbonyl (C=O) groups is 2. The Morgan fingerprint density at radius 3 is 2.40 bits per heavy atom. The second-order valence-electron chi connectivity index (χ2n) is 9.70. The molecule has 1 unspecified atom stereocenters. The second-order valence-corrected chi connectivity index (χ2v) is 10.8. The van der Waals surface area contributed by atoms with E-state index in [4.69, 9.17) is 9.47 Å². The molecule has 1 amide bonds. The van der Waals surface area contributed by atoms with Gasteiger partial charge in [0.25, 0.3) is 0 Å². The molecule has 2 aromatic carbocycles. The average Bonchev–Trinajstić information content (AvgIpc) is 3.43. The summed E-state index contributed by atoms with van der Waals surface area (Å²) in [6, 6.07) is 21.1. The van der Waals surface area contributed by atoms with E-state index in [-0.39, 0.29) is 24.5 Å². The van der Waals surface area contributed by atoms with Gasteiger partial charge < -0.3 is 20.1 Å². The molecule has 0 spiro atoms. The highest BCUT2D eigenvalue weighted by molar-refractivity contribution is 7.15. The highest BCUT2D eigenvalue weighted by atomic mass is 32.1. The van der Waals surface area contributed by atoms with Gasteiger partial charge >= 0.3 is 5.97 Å². The van der Waals surface area contributed by atoms with Gasteiger partial charge in [-0.15, -0.1) is 15.3 Å². The summed E-state index contributed by atoms with van der Waals surface area (Å²) in [4.78, 5) is 24.0. The van der Waals surface area contributed by atoms with Gasteiger partial charge in [-0.25, -0.2) is 0 Å². The van der Waals surface area contributed by atoms with E-state index in [9.17, 15) is 9.59 Å². The van der Waals surface area contributed by atoms with Crippen LogP contribution in [-0.4, -0.2) is 52.2 Å². The first-order chi connectivity index (χ1) is 20.5. The Morgan fingerprint density at radius 2 is 1.64 bits per heavy atom. The van der Waals surface area contributed by atoms with Gasteiger partial charge in [-0.1, -0.05) is 65.9 Å². The van der Waals surface area contributed by atoms with Gasteiger partial charge in [-0.2, -0.15) is 5.10 Å². The predicted octanol–water partition coefficient (Wildman–Crippen LogP) is 4.81. The van der Waals surface area contributed by atoms with Crippen molar-refractivity contribution in [2.75, 3.05) is 24.4 Å². The first-order valence-corrected chi connectivity index (χ1v) is 14.8. The fourth-order valence-corrected chi connectivity index (χ4v) is 5.14. The van der Waals surface area contributed by atoms with Crippen molar-refractivity contribution in [1.29, 1.82) is 0 Å². The number of hydrogen-bond acceptors (Lipinski definition) is 10. The van der Waals surface area contributed by atoms with Crippen LogP contribution in [0.5, 0.6) is 0 Å². The Bertz CT molecular complexity index is 1410. The van der Waals surface area contributed by atoms with Crippen LogP contribution in [0.3, 0.4) is 0 Å². The van der Waals surface area contributed by atoms with Crippen molar-refractivity contribution in [2.24, 2.45) is 0 Å². The van der Waals surface area contributed by atoms with Crippen molar-refractivity contribution in [3.63, 3.8) is 0 Å². The quantitative estimate of drug-likeness (QED) is 0.108. The number of aromatic nitrogens is 4. The number of anilines is 2. The Hall–Kier alpha value is -4.22. The molecule has 10 nitrogen and oxygen atoms in total. The van der Waals surface area contributed by atoms with E-state index < -0.39 is 0 Å². The maximum atomic E-state index is 12.2. The molecular formula is C31H36N6O4S. The lowest BCUT2D eigenvalue weighted by Gasteiger charge is -2.16. The van der Waals surface area contributed by atoms with Crippen molar-refractivity contribution < 1.29 is 19.1 Å². The molecule has 0 radical (unpaired) electrons. The van der Waals surface area contributed by atoms with E-state index in [0.29, 0.717) is 30.4 Å². The standard InChI is InChI=1S/C31H36N6O4S/c1-3-41-30(39)21-24-13-9-12-23(18-24)20-28(40-2)33-31-37-36-29(42-31)15-8-7-14-25-16-17-26(35-34-25)32-27(38)19-22-10-5-4-6-11-22/h4-6,9-13,16-18,28H,3,7-8,14-15,19-21H2,1-2H3,(H,33,37)(H,32,35,38). The summed E-state index contributed by atoms with van der Waals surface area (Å²) < 4.78 is 10.7. The summed E-state index contributed by atoms with van der Waals surface area (Å²) >= 11 is 1.52. The van der Waals surface area contributed by atoms with Crippen LogP contribution in [0.25, 0.3) is 0 Å². The molecule has 42 heavy (non-hydrogen) atoms. The SMILES string of the molecule is CCOC(=O)Cc1cccc(CC(Nc2nnc(CCCCc3ccc(NC(=O)Cc4ccccc4)nn3)s2)OC)c1. The number of unbranched alkanes of at least 4 members (excludes halogenated alkanes) is 1. The number of rotatable bonds is 16. The number of hydrogen-bond donors (Lipinski definition) is 2. The van der Waals surface area contributed by atoms with Crippen LogP contribution in [0.2, 0.25) is 0 Å². The smallest absolute Gasteiger partial charge is 0.310 e. The number of carbonyl (C=O) groups excluding carboxylic acids is 2. The molecule has 4 rings (SSSR count). The van der Waals surface area contributed by atoms with Crippen LogP contribution in [0, 0.1) is 0 Å². The molecule has 1 atom stereocenters. The Morgan fingerprint density at radius 1 is 0.857 bits per heavy atom. The van der Waals surface area contributed by atoms with Gasteiger partial charge in [-0.05, 0) is 55.0 Å². The number of aryl methyl sites for hydroxylation is 2. The van der Waals surface area contributed by atoms with E-state index in [1.54, 1.807) is 20.1 Å². The van der Waals surface area contributed by atoms with E-state index in [1.165, 1.54) is 11.3 Å². The Labute approximate surface area is 249 Å². The molecule has 4 aromatic rings. The van der Waals surface area contributed by atoms with Crippen LogP contribution in [0.4, 0.5) is 10.9 Å². The third-order valence-corrected chi connectivity index (χ3v) is 7.28. The van der Waals surface area contributed by atoms with Crippen LogP contribution < -0.4 is 10.6 Å². The minimum atomic E-state index is -0.284. The normalized spacial score (nSPS) is 11.6. The summed E-state index contributed by atoms with van der Waals surface area (Å²) in [6.45, 7) is 2.17. The number of benzene rings is 2. The molecule has 0 aliphatic rings. The first kappa shape index (κ1) is 30.7. The summed E-state index contributed by atoms with van der Waals surface area (Å²) in [5.41, 5.74) is 3.79. The lowest BCUT2D eigenvalue weighted by Crippen LogP contribution is -2.24. The van der Waals surface area contributed by atoms with Crippen LogP contribution in [-0.2, 0) is 51.2 Å². The number of esters is 1. The van der Waals surface area contributed by atoms with Gasteiger partial charge in [0.15, 0.2) is 5.82 Å². The number of amides is 1. The molecule has 0 aliphatic carbocycles. The minimum absolute atomic E-state index is 0.119. The molecule has 0 fully saturated rings. The third kappa shape index (κ3) is 10.3. The van der Waals surface area contributed by atoms with Gasteiger partial charge in [0, 0.05) is 20.0 Å². The van der Waals surface area contributed by atoms with Crippen molar-refractivity contribution >= 4 is 34.2 Å². The van der Waals surface area contributed by atoms with Crippen LogP contribution in [0.15, 0.2) is 66.7 Å². The molecule has 11 heteroatoms. The topological polar surface area (TPSA) is 128 Å². The molecular weight excluding hydrogens is 552 g/mol. The third-order valence-electron chi connectivity index (χ3n) is 6.37. The van der Waals surface area contributed by atoms with Gasteiger partial charge in [0.05, 0.1) is 25.1 Å². The van der Waals surface area contributed by atoms with Crippen molar-refractivity contribution in [3.8, 4) is 0 Å². The highest BCUT2D eigenvalue weighted by Crippen LogP contribution is 2.20. The zero-order valence-electron chi connectivity index (χ0n) is 23.9. The summed E-state index contributed by atoms with van der Waals surface area (Å²) in [7, 11) is 1.65. The van der Waals surface area contributed by atoms with Gasteiger partial charge in [0.2, 0.25) is 11.0 Å². The summed E-state index contributed by atoms with van der Waals surface area (Å²) in [5, 5.41) is 24.8. The lowest BCUT2D eigenvalue weighted by atomic mass is 10.1. The number of ether oxygens (including phenoxy) is 2. The van der Waals surface area contributed by atoms with E-state index >= 15 is 0 Å². The molecule has 2 heterocycles. The lowest BCUT2D eigenvalue weighted by molar-refractivity contribution is -0.142. The van der Waals surface area contributed by atoms with E-state index in [1.807, 2.05) is 60.7 Å². The fraction of sp³-hybridized carbons (Fsp3) is 0.355. The molecule has 0 bridgehead atoms. The molecule has 2 N–H and O–H groups in total. The fourth-order valence-electron chi connectivity index (χ4n) is 4.31. The Balaban J connectivity index is 1.17. The zero-order chi connectivity index (χ0) is 29.6. The van der Waals surface area contributed by atoms with Gasteiger partial charge in [-0.3, -0.25) is 9.59 Å². The summed E-state index contributed by atoms with van der Waals surface area (Å²) in [6.07, 6.45) is 4.34. The average molecular weight is 589 g/mol. The van der Waals surface area contributed by atoms with Crippen molar-refractivity contribution in [3.05, 3.63) is 94.1 Å². The largest absolute Gasteiger partial charge is 0.466 e. The molecule has 2 aromatic heterocycles. The van der Waals surface area contributed by atoms with Crippen LogP contribution >= 0.6 is 11.3 Å². The van der Waals surface area contributed by atoms with Crippen molar-refractivity contribution in [1.82, 2.24) is 20.4 Å². The monoisotopic (exact) mass is 588 g/mol. The van der Waals surface area contributed by atoms with Crippen LogP contribution in [0.1, 0.15) is 47.2 Å². The number of methoxy groups -OCH3 is 1. The summed E-state index contributed by atoms with van der Waals surface area (Å²) in [5.74, 6) is 0.0990. The molecule has 220 valence electrons. The van der Waals surface area contributed by atoms with E-state index in [0.717, 1.165) is 53.1 Å². The maximum Gasteiger partial charge on any atom is 0.310 e. The predicted molar refractivity (Wildman–Crippen MR) is 162 cm³/mol. The molecule has 0 saturated carbocycles. The number of nitrogens with one attached hydrogen (secondary N) is 2. The maximum absolute atomic E-state index is 12.2. The van der Waals surface area contributed by atoms with E-state index in [2.05, 4.69) is 31.0 Å². The molecule has 0 aliphatic heterocycles. The molecule has 0 saturated heterocycles. The number of nitrogens with zero attached hydrogens (tertiary/aromatic N) is 4. The zero-order valence-corrected chi connectivity index (χ0v) is 24.7.